The van der Waals surface area contributed by atoms with Crippen LogP contribution < -0.4 is 10.9 Å². The second-order valence-electron chi connectivity index (χ2n) is 6.66. The molecule has 0 saturated carbocycles. The van der Waals surface area contributed by atoms with Crippen LogP contribution in [0.5, 0.6) is 0 Å². The van der Waals surface area contributed by atoms with Crippen molar-refractivity contribution in [3.63, 3.8) is 0 Å². The molecular weight excluding hydrogens is 437 g/mol. The van der Waals surface area contributed by atoms with Crippen LogP contribution in [0.3, 0.4) is 0 Å². The van der Waals surface area contributed by atoms with Gasteiger partial charge < -0.3 is 10.2 Å². The first-order valence-electron chi connectivity index (χ1n) is 8.91. The molecule has 1 heterocycles. The molecule has 0 fully saturated rings. The Kier molecular flexibility index (Phi) is 6.30. The molecule has 3 aromatic rings. The van der Waals surface area contributed by atoms with Crippen LogP contribution >= 0.6 is 11.6 Å². The Morgan fingerprint density at radius 1 is 1.19 bits per heavy atom. The molecule has 1 N–H and O–H groups in total. The normalized spacial score (nSPS) is 11.4. The average Bonchev–Trinajstić information content (AvgIpc) is 2.70. The van der Waals surface area contributed by atoms with E-state index in [1.807, 2.05) is 0 Å². The summed E-state index contributed by atoms with van der Waals surface area (Å²) in [6, 6.07) is 9.73. The summed E-state index contributed by atoms with van der Waals surface area (Å²) >= 11 is 5.56. The first-order valence-corrected chi connectivity index (χ1v) is 9.29. The van der Waals surface area contributed by atoms with Crippen molar-refractivity contribution in [2.45, 2.75) is 12.7 Å². The second kappa shape index (κ2) is 8.76. The van der Waals surface area contributed by atoms with Gasteiger partial charge in [0.25, 0.3) is 5.56 Å². The number of hydrogen-bond donors (Lipinski definition) is 1. The van der Waals surface area contributed by atoms with E-state index in [4.69, 9.17) is 11.6 Å². The SMILES string of the molecule is CN(CC(=O)Nc1ccc(Cl)c(C(F)(F)F)c1)C(=O)Cn1c(=O)cnc2ccccc21. The Bertz CT molecular complexity index is 1210. The molecule has 0 aliphatic heterocycles. The molecule has 0 bridgehead atoms. The van der Waals surface area contributed by atoms with Crippen LogP contribution in [-0.2, 0) is 22.3 Å². The third-order valence-electron chi connectivity index (χ3n) is 4.41. The molecule has 31 heavy (non-hydrogen) atoms. The number of alkyl halides is 3. The van der Waals surface area contributed by atoms with Gasteiger partial charge in [0, 0.05) is 12.7 Å². The summed E-state index contributed by atoms with van der Waals surface area (Å²) in [6.07, 6.45) is -3.58. The lowest BCUT2D eigenvalue weighted by Gasteiger charge is -2.18. The number of fused-ring (bicyclic) bond motifs is 1. The van der Waals surface area contributed by atoms with E-state index in [0.717, 1.165) is 17.2 Å². The van der Waals surface area contributed by atoms with E-state index in [1.165, 1.54) is 17.7 Å². The van der Waals surface area contributed by atoms with Crippen LogP contribution in [0.1, 0.15) is 5.56 Å². The fourth-order valence-electron chi connectivity index (χ4n) is 2.86. The van der Waals surface area contributed by atoms with Gasteiger partial charge in [-0.25, -0.2) is 4.98 Å². The van der Waals surface area contributed by atoms with Crippen molar-refractivity contribution in [1.82, 2.24) is 14.5 Å². The number of aromatic nitrogens is 2. The van der Waals surface area contributed by atoms with Crippen LogP contribution in [0.25, 0.3) is 11.0 Å². The Morgan fingerprint density at radius 3 is 2.61 bits per heavy atom. The lowest BCUT2D eigenvalue weighted by atomic mass is 10.2. The van der Waals surface area contributed by atoms with Crippen LogP contribution in [-0.4, -0.2) is 39.9 Å². The largest absolute Gasteiger partial charge is 0.417 e. The van der Waals surface area contributed by atoms with Crippen LogP contribution in [0.4, 0.5) is 18.9 Å². The number of amides is 2. The number of carbonyl (C=O) groups is 2. The van der Waals surface area contributed by atoms with E-state index in [0.29, 0.717) is 17.1 Å². The van der Waals surface area contributed by atoms with E-state index >= 15 is 0 Å². The number of nitrogens with zero attached hydrogens (tertiary/aromatic N) is 3. The van der Waals surface area contributed by atoms with E-state index < -0.39 is 40.7 Å². The summed E-state index contributed by atoms with van der Waals surface area (Å²) in [5, 5.41) is 1.81. The topological polar surface area (TPSA) is 84.3 Å². The molecule has 0 unspecified atom stereocenters. The van der Waals surface area contributed by atoms with Gasteiger partial charge in [-0.2, -0.15) is 13.2 Å². The maximum absolute atomic E-state index is 13.0. The van der Waals surface area contributed by atoms with Crippen molar-refractivity contribution >= 4 is 40.1 Å². The molecule has 0 aliphatic carbocycles. The molecule has 0 saturated heterocycles. The Balaban J connectivity index is 1.69. The lowest BCUT2D eigenvalue weighted by molar-refractivity contribution is -0.137. The molecular formula is C20H16ClF3N4O3. The van der Waals surface area contributed by atoms with Gasteiger partial charge in [0.2, 0.25) is 11.8 Å². The highest BCUT2D eigenvalue weighted by molar-refractivity contribution is 6.31. The highest BCUT2D eigenvalue weighted by Crippen LogP contribution is 2.36. The summed E-state index contributed by atoms with van der Waals surface area (Å²) in [5.74, 6) is -1.25. The molecule has 0 radical (unpaired) electrons. The first kappa shape index (κ1) is 22.3. The quantitative estimate of drug-likeness (QED) is 0.644. The number of para-hydroxylation sites is 2. The van der Waals surface area contributed by atoms with Gasteiger partial charge in [-0.15, -0.1) is 0 Å². The number of hydrogen-bond acceptors (Lipinski definition) is 4. The maximum atomic E-state index is 13.0. The molecule has 2 aromatic carbocycles. The standard InChI is InChI=1S/C20H16ClF3N4O3/c1-27(10-17(29)26-12-6-7-14(21)13(8-12)20(22,23)24)19(31)11-28-16-5-3-2-4-15(16)25-9-18(28)30/h2-9H,10-11H2,1H3,(H,26,29). The highest BCUT2D eigenvalue weighted by atomic mass is 35.5. The molecule has 162 valence electrons. The van der Waals surface area contributed by atoms with Gasteiger partial charge >= 0.3 is 6.18 Å². The smallest absolute Gasteiger partial charge is 0.335 e. The number of anilines is 1. The fourth-order valence-corrected chi connectivity index (χ4v) is 3.08. The van der Waals surface area contributed by atoms with Crippen molar-refractivity contribution in [1.29, 1.82) is 0 Å². The molecule has 11 heteroatoms. The third-order valence-corrected chi connectivity index (χ3v) is 4.74. The summed E-state index contributed by atoms with van der Waals surface area (Å²) in [6.45, 7) is -0.759. The average molecular weight is 453 g/mol. The van der Waals surface area contributed by atoms with Gasteiger partial charge in [-0.1, -0.05) is 23.7 Å². The molecule has 7 nitrogen and oxygen atoms in total. The summed E-state index contributed by atoms with van der Waals surface area (Å²) in [4.78, 5) is 42.0. The monoisotopic (exact) mass is 452 g/mol. The number of nitrogens with one attached hydrogen (secondary N) is 1. The minimum Gasteiger partial charge on any atom is -0.335 e. The van der Waals surface area contributed by atoms with Gasteiger partial charge in [0.1, 0.15) is 6.54 Å². The Labute approximate surface area is 179 Å². The van der Waals surface area contributed by atoms with Crippen molar-refractivity contribution in [2.75, 3.05) is 18.9 Å². The molecule has 0 aliphatic rings. The third kappa shape index (κ3) is 5.21. The van der Waals surface area contributed by atoms with Gasteiger partial charge in [0.15, 0.2) is 0 Å². The zero-order valence-corrected chi connectivity index (χ0v) is 16.9. The molecule has 0 spiro atoms. The van der Waals surface area contributed by atoms with Gasteiger partial charge in [-0.3, -0.25) is 19.0 Å². The van der Waals surface area contributed by atoms with Crippen LogP contribution in [0.2, 0.25) is 5.02 Å². The zero-order chi connectivity index (χ0) is 22.8. The number of halogens is 4. The summed E-state index contributed by atoms with van der Waals surface area (Å²) < 4.78 is 40.1. The van der Waals surface area contributed by atoms with Crippen LogP contribution in [0, 0.1) is 0 Å². The minimum absolute atomic E-state index is 0.112. The van der Waals surface area contributed by atoms with E-state index in [-0.39, 0.29) is 12.2 Å². The van der Waals surface area contributed by atoms with E-state index in [1.54, 1.807) is 24.3 Å². The van der Waals surface area contributed by atoms with E-state index in [9.17, 15) is 27.6 Å². The summed E-state index contributed by atoms with van der Waals surface area (Å²) in [5.41, 5.74) is -0.689. The van der Waals surface area contributed by atoms with Crippen LogP contribution in [0.15, 0.2) is 53.5 Å². The Morgan fingerprint density at radius 2 is 1.90 bits per heavy atom. The van der Waals surface area contributed by atoms with Gasteiger partial charge in [0.05, 0.1) is 34.4 Å². The molecule has 1 aromatic heterocycles. The zero-order valence-electron chi connectivity index (χ0n) is 16.1. The predicted molar refractivity (Wildman–Crippen MR) is 109 cm³/mol. The van der Waals surface area contributed by atoms with Gasteiger partial charge in [-0.05, 0) is 30.3 Å². The van der Waals surface area contributed by atoms with Crippen molar-refractivity contribution in [3.8, 4) is 0 Å². The summed E-state index contributed by atoms with van der Waals surface area (Å²) in [7, 11) is 1.35. The first-order chi connectivity index (χ1) is 14.6. The maximum Gasteiger partial charge on any atom is 0.417 e. The lowest BCUT2D eigenvalue weighted by Crippen LogP contribution is -2.38. The minimum atomic E-state index is -4.68. The molecule has 3 rings (SSSR count). The van der Waals surface area contributed by atoms with Crippen molar-refractivity contribution in [2.24, 2.45) is 0 Å². The number of likely N-dealkylation sites (N-methyl/N-ethyl adjacent to an activating group) is 1. The highest BCUT2D eigenvalue weighted by Gasteiger charge is 2.33. The molecule has 0 atom stereocenters. The number of carbonyl (C=O) groups excluding carboxylic acids is 2. The van der Waals surface area contributed by atoms with Crippen molar-refractivity contribution < 1.29 is 22.8 Å². The fraction of sp³-hybridized carbons (Fsp3) is 0.200. The molecule has 2 amide bonds. The Hall–Kier alpha value is -3.40. The second-order valence-corrected chi connectivity index (χ2v) is 7.07. The predicted octanol–water partition coefficient (Wildman–Crippen LogP) is 3.17. The van der Waals surface area contributed by atoms with Crippen molar-refractivity contribution in [3.05, 3.63) is 69.6 Å². The van der Waals surface area contributed by atoms with E-state index in [2.05, 4.69) is 10.3 Å². The number of benzene rings is 2. The number of rotatable bonds is 5.